The second-order valence-electron chi connectivity index (χ2n) is 10.1. The fourth-order valence-corrected chi connectivity index (χ4v) is 4.03. The molecule has 0 aliphatic carbocycles. The minimum atomic E-state index is -0.359. The van der Waals surface area contributed by atoms with E-state index in [9.17, 15) is 4.79 Å². The van der Waals surface area contributed by atoms with Crippen LogP contribution in [0.2, 0.25) is 0 Å². The van der Waals surface area contributed by atoms with Gasteiger partial charge in [0, 0.05) is 6.07 Å². The number of aryl methyl sites for hydroxylation is 1. The summed E-state index contributed by atoms with van der Waals surface area (Å²) >= 11 is 0. The van der Waals surface area contributed by atoms with Crippen LogP contribution < -0.4 is 19.5 Å². The van der Waals surface area contributed by atoms with Gasteiger partial charge in [0.25, 0.3) is 5.91 Å². The second-order valence-corrected chi connectivity index (χ2v) is 10.1. The van der Waals surface area contributed by atoms with E-state index in [1.54, 1.807) is 31.9 Å². The van der Waals surface area contributed by atoms with Gasteiger partial charge in [-0.2, -0.15) is 0 Å². The van der Waals surface area contributed by atoms with Crippen molar-refractivity contribution < 1.29 is 19.0 Å². The molecule has 0 bridgehead atoms. The predicted octanol–water partition coefficient (Wildman–Crippen LogP) is 6.02. The number of hydrogen-bond donors (Lipinski definition) is 1. The number of benzene rings is 2. The number of nitrogens with zero attached hydrogens (tertiary/aromatic N) is 3. The Labute approximate surface area is 214 Å². The van der Waals surface area contributed by atoms with E-state index in [4.69, 9.17) is 14.2 Å². The van der Waals surface area contributed by atoms with Crippen molar-refractivity contribution in [1.29, 1.82) is 0 Å². The van der Waals surface area contributed by atoms with Crippen molar-refractivity contribution in [1.82, 2.24) is 15.0 Å². The number of anilines is 1. The van der Waals surface area contributed by atoms with Gasteiger partial charge in [-0.05, 0) is 61.9 Å². The van der Waals surface area contributed by atoms with E-state index in [-0.39, 0.29) is 23.1 Å². The molecule has 3 rings (SSSR count). The highest BCUT2D eigenvalue weighted by Gasteiger charge is 2.23. The van der Waals surface area contributed by atoms with Crippen LogP contribution in [0.3, 0.4) is 0 Å². The van der Waals surface area contributed by atoms with Gasteiger partial charge in [0.15, 0.2) is 5.69 Å². The fourth-order valence-electron chi connectivity index (χ4n) is 4.03. The standard InChI is InChI=1S/C28H38N4O4/c1-10-11-18(3)36-23-13-12-20(28(5,6)7)15-21(23)29-27(33)26-19(4)32(31-30-26)22-14-17(2)24(34-8)16-25(22)35-9/h12-16,18H,10-11H2,1-9H3,(H,29,33)/t18-/m0/s1. The molecule has 1 amide bonds. The van der Waals surface area contributed by atoms with Gasteiger partial charge in [-0.1, -0.05) is 45.4 Å². The number of rotatable bonds is 9. The lowest BCUT2D eigenvalue weighted by molar-refractivity contribution is 0.102. The van der Waals surface area contributed by atoms with Gasteiger partial charge in [0.05, 0.1) is 31.7 Å². The van der Waals surface area contributed by atoms with E-state index in [0.29, 0.717) is 34.3 Å². The smallest absolute Gasteiger partial charge is 0.278 e. The van der Waals surface area contributed by atoms with Crippen molar-refractivity contribution in [3.05, 3.63) is 52.8 Å². The zero-order chi connectivity index (χ0) is 26.6. The lowest BCUT2D eigenvalue weighted by Gasteiger charge is -2.23. The number of carbonyl (C=O) groups is 1. The minimum Gasteiger partial charge on any atom is -0.496 e. The molecule has 0 radical (unpaired) electrons. The van der Waals surface area contributed by atoms with Gasteiger partial charge >= 0.3 is 0 Å². The van der Waals surface area contributed by atoms with E-state index < -0.39 is 0 Å². The number of hydrogen-bond acceptors (Lipinski definition) is 6. The molecule has 8 heteroatoms. The van der Waals surface area contributed by atoms with E-state index >= 15 is 0 Å². The Morgan fingerprint density at radius 3 is 2.36 bits per heavy atom. The van der Waals surface area contributed by atoms with Gasteiger partial charge in [-0.25, -0.2) is 4.68 Å². The van der Waals surface area contributed by atoms with Gasteiger partial charge in [-0.3, -0.25) is 4.79 Å². The molecule has 8 nitrogen and oxygen atoms in total. The Morgan fingerprint density at radius 2 is 1.75 bits per heavy atom. The average Bonchev–Trinajstić information content (AvgIpc) is 3.20. The van der Waals surface area contributed by atoms with Gasteiger partial charge < -0.3 is 19.5 Å². The highest BCUT2D eigenvalue weighted by atomic mass is 16.5. The van der Waals surface area contributed by atoms with Crippen molar-refractivity contribution >= 4 is 11.6 Å². The monoisotopic (exact) mass is 494 g/mol. The van der Waals surface area contributed by atoms with Crippen LogP contribution in [-0.4, -0.2) is 41.2 Å². The summed E-state index contributed by atoms with van der Waals surface area (Å²) in [7, 11) is 3.19. The van der Waals surface area contributed by atoms with Gasteiger partial charge in [-0.15, -0.1) is 5.10 Å². The quantitative estimate of drug-likeness (QED) is 0.391. The van der Waals surface area contributed by atoms with E-state index in [1.165, 1.54) is 0 Å². The summed E-state index contributed by atoms with van der Waals surface area (Å²) < 4.78 is 18.7. The van der Waals surface area contributed by atoms with E-state index in [0.717, 1.165) is 24.0 Å². The fraction of sp³-hybridized carbons (Fsp3) is 0.464. The maximum atomic E-state index is 13.4. The highest BCUT2D eigenvalue weighted by molar-refractivity contribution is 6.04. The van der Waals surface area contributed by atoms with E-state index in [2.05, 4.69) is 43.3 Å². The van der Waals surface area contributed by atoms with Crippen LogP contribution in [0.15, 0.2) is 30.3 Å². The molecule has 194 valence electrons. The van der Waals surface area contributed by atoms with Crippen LogP contribution in [-0.2, 0) is 5.41 Å². The zero-order valence-electron chi connectivity index (χ0n) is 22.9. The summed E-state index contributed by atoms with van der Waals surface area (Å²) in [5.41, 5.74) is 4.01. The lowest BCUT2D eigenvalue weighted by atomic mass is 9.87. The Kier molecular flexibility index (Phi) is 8.28. The summed E-state index contributed by atoms with van der Waals surface area (Å²) in [6.07, 6.45) is 1.96. The summed E-state index contributed by atoms with van der Waals surface area (Å²) in [5.74, 6) is 1.54. The maximum Gasteiger partial charge on any atom is 0.278 e. The highest BCUT2D eigenvalue weighted by Crippen LogP contribution is 2.34. The first-order valence-corrected chi connectivity index (χ1v) is 12.3. The molecule has 0 spiro atoms. The number of carbonyl (C=O) groups excluding carboxylic acids is 1. The molecule has 0 fully saturated rings. The molecule has 0 saturated carbocycles. The molecule has 36 heavy (non-hydrogen) atoms. The predicted molar refractivity (Wildman–Crippen MR) is 142 cm³/mol. The maximum absolute atomic E-state index is 13.4. The van der Waals surface area contributed by atoms with E-state index in [1.807, 2.05) is 38.1 Å². The largest absolute Gasteiger partial charge is 0.496 e. The molecule has 1 atom stereocenters. The second kappa shape index (κ2) is 11.0. The topological polar surface area (TPSA) is 87.5 Å². The Morgan fingerprint density at radius 1 is 1.06 bits per heavy atom. The molecular formula is C28H38N4O4. The summed E-state index contributed by atoms with van der Waals surface area (Å²) in [6.45, 7) is 14.3. The van der Waals surface area contributed by atoms with Crippen LogP contribution in [0, 0.1) is 13.8 Å². The molecule has 1 heterocycles. The normalized spacial score (nSPS) is 12.2. The number of amides is 1. The van der Waals surface area contributed by atoms with Crippen molar-refractivity contribution in [2.24, 2.45) is 0 Å². The van der Waals surface area contributed by atoms with Crippen LogP contribution in [0.1, 0.15) is 74.8 Å². The molecule has 0 aliphatic heterocycles. The molecule has 0 unspecified atom stereocenters. The van der Waals surface area contributed by atoms with Crippen LogP contribution in [0.25, 0.3) is 5.69 Å². The third kappa shape index (κ3) is 5.80. The first-order chi connectivity index (χ1) is 17.0. The Hall–Kier alpha value is -3.55. The molecule has 3 aromatic rings. The lowest BCUT2D eigenvalue weighted by Crippen LogP contribution is -2.19. The number of nitrogens with one attached hydrogen (secondary N) is 1. The Bertz CT molecular complexity index is 1230. The molecule has 0 aliphatic rings. The number of aromatic nitrogens is 3. The van der Waals surface area contributed by atoms with Crippen LogP contribution in [0.4, 0.5) is 5.69 Å². The summed E-state index contributed by atoms with van der Waals surface area (Å²) in [5, 5.41) is 11.5. The SMILES string of the molecule is CCC[C@H](C)Oc1ccc(C(C)(C)C)cc1NC(=O)c1nnn(-c2cc(C)c(OC)cc2OC)c1C. The van der Waals surface area contributed by atoms with Crippen molar-refractivity contribution in [2.45, 2.75) is 72.8 Å². The first kappa shape index (κ1) is 27.0. The minimum absolute atomic E-state index is 0.0273. The van der Waals surface area contributed by atoms with Gasteiger partial charge in [0.2, 0.25) is 0 Å². The molecule has 0 saturated heterocycles. The Balaban J connectivity index is 1.97. The third-order valence-corrected chi connectivity index (χ3v) is 6.15. The molecular weight excluding hydrogens is 456 g/mol. The third-order valence-electron chi connectivity index (χ3n) is 6.15. The van der Waals surface area contributed by atoms with Crippen LogP contribution >= 0.6 is 0 Å². The molecule has 1 aromatic heterocycles. The zero-order valence-corrected chi connectivity index (χ0v) is 22.9. The molecule has 1 N–H and O–H groups in total. The summed E-state index contributed by atoms with van der Waals surface area (Å²) in [4.78, 5) is 13.4. The number of ether oxygens (including phenoxy) is 3. The van der Waals surface area contributed by atoms with Crippen molar-refractivity contribution in [3.8, 4) is 22.9 Å². The summed E-state index contributed by atoms with van der Waals surface area (Å²) in [6, 6.07) is 9.64. The van der Waals surface area contributed by atoms with Crippen molar-refractivity contribution in [3.63, 3.8) is 0 Å². The number of methoxy groups -OCH3 is 2. The van der Waals surface area contributed by atoms with Gasteiger partial charge in [0.1, 0.15) is 22.9 Å². The average molecular weight is 495 g/mol. The first-order valence-electron chi connectivity index (χ1n) is 12.3. The molecule has 2 aromatic carbocycles. The van der Waals surface area contributed by atoms with Crippen molar-refractivity contribution in [2.75, 3.05) is 19.5 Å². The van der Waals surface area contributed by atoms with Crippen LogP contribution in [0.5, 0.6) is 17.2 Å².